The molecule has 0 atom stereocenters. The molecule has 0 N–H and O–H groups in total. The van der Waals surface area contributed by atoms with Crippen molar-refractivity contribution in [3.05, 3.63) is 50.1 Å². The van der Waals surface area contributed by atoms with E-state index in [1.807, 2.05) is 24.3 Å². The molecule has 4 heteroatoms. The third-order valence-corrected chi connectivity index (χ3v) is 2.27. The number of nitro groups is 1. The zero-order valence-corrected chi connectivity index (χ0v) is 9.32. The van der Waals surface area contributed by atoms with Crippen molar-refractivity contribution in [1.29, 1.82) is 0 Å². The van der Waals surface area contributed by atoms with Crippen LogP contribution in [0.5, 0.6) is 0 Å². The summed E-state index contributed by atoms with van der Waals surface area (Å²) in [7, 11) is 0. The summed E-state index contributed by atoms with van der Waals surface area (Å²) >= 11 is 3.31. The Kier molecular flexibility index (Phi) is 3.83. The molecule has 74 valence electrons. The zero-order chi connectivity index (χ0) is 10.6. The maximum absolute atomic E-state index is 10.5. The smallest absolute Gasteiger partial charge is 0.246 e. The van der Waals surface area contributed by atoms with Crippen LogP contribution in [0.4, 0.5) is 0 Å². The van der Waals surface area contributed by atoms with Crippen LogP contribution in [0.25, 0.3) is 6.08 Å². The Hall–Kier alpha value is -1.16. The molecular formula is C10H10BrNO2. The molecular weight excluding hydrogens is 246 g/mol. The van der Waals surface area contributed by atoms with Gasteiger partial charge in [0.1, 0.15) is 0 Å². The van der Waals surface area contributed by atoms with Gasteiger partial charge in [0.25, 0.3) is 0 Å². The third-order valence-electron chi connectivity index (χ3n) is 1.78. The minimum absolute atomic E-state index is 0.225. The summed E-state index contributed by atoms with van der Waals surface area (Å²) in [6, 6.07) is 7.42. The monoisotopic (exact) mass is 255 g/mol. The van der Waals surface area contributed by atoms with Gasteiger partial charge in [-0.15, -0.1) is 0 Å². The lowest BCUT2D eigenvalue weighted by molar-refractivity contribution is -0.425. The Balaban J connectivity index is 3.00. The van der Waals surface area contributed by atoms with Gasteiger partial charge in [0.2, 0.25) is 5.70 Å². The summed E-state index contributed by atoms with van der Waals surface area (Å²) in [5.74, 6) is 0. The first-order chi connectivity index (χ1) is 6.63. The average molecular weight is 256 g/mol. The van der Waals surface area contributed by atoms with Crippen molar-refractivity contribution in [3.8, 4) is 0 Å². The van der Waals surface area contributed by atoms with Gasteiger partial charge in [-0.2, -0.15) is 0 Å². The van der Waals surface area contributed by atoms with Crippen LogP contribution in [0, 0.1) is 10.1 Å². The highest BCUT2D eigenvalue weighted by molar-refractivity contribution is 9.10. The largest absolute Gasteiger partial charge is 0.259 e. The third kappa shape index (κ3) is 2.96. The first kappa shape index (κ1) is 10.9. The molecule has 0 aromatic heterocycles. The van der Waals surface area contributed by atoms with Crippen molar-refractivity contribution in [2.24, 2.45) is 0 Å². The van der Waals surface area contributed by atoms with Gasteiger partial charge in [-0.25, -0.2) is 0 Å². The van der Waals surface area contributed by atoms with Gasteiger partial charge < -0.3 is 0 Å². The fourth-order valence-corrected chi connectivity index (χ4v) is 1.49. The Labute approximate surface area is 90.7 Å². The van der Waals surface area contributed by atoms with Gasteiger partial charge in [0.15, 0.2) is 0 Å². The van der Waals surface area contributed by atoms with Crippen molar-refractivity contribution in [2.45, 2.75) is 13.3 Å². The van der Waals surface area contributed by atoms with Gasteiger partial charge in [-0.1, -0.05) is 35.0 Å². The van der Waals surface area contributed by atoms with E-state index in [2.05, 4.69) is 15.9 Å². The van der Waals surface area contributed by atoms with Crippen LogP contribution in [0.3, 0.4) is 0 Å². The van der Waals surface area contributed by atoms with E-state index < -0.39 is 0 Å². The Bertz CT molecular complexity index is 374. The van der Waals surface area contributed by atoms with E-state index in [4.69, 9.17) is 0 Å². The number of rotatable bonds is 3. The van der Waals surface area contributed by atoms with E-state index in [-0.39, 0.29) is 10.6 Å². The second kappa shape index (κ2) is 4.91. The lowest BCUT2D eigenvalue weighted by Crippen LogP contribution is -1.96. The van der Waals surface area contributed by atoms with E-state index in [9.17, 15) is 10.1 Å². The molecule has 0 aliphatic rings. The zero-order valence-electron chi connectivity index (χ0n) is 7.74. The van der Waals surface area contributed by atoms with Crippen LogP contribution in [-0.2, 0) is 0 Å². The van der Waals surface area contributed by atoms with Crippen molar-refractivity contribution in [1.82, 2.24) is 0 Å². The highest BCUT2D eigenvalue weighted by Gasteiger charge is 2.06. The highest BCUT2D eigenvalue weighted by Crippen LogP contribution is 2.15. The summed E-state index contributed by atoms with van der Waals surface area (Å²) in [6.45, 7) is 1.77. The van der Waals surface area contributed by atoms with Gasteiger partial charge in [-0.05, 0) is 17.7 Å². The lowest BCUT2D eigenvalue weighted by Gasteiger charge is -1.96. The van der Waals surface area contributed by atoms with Crippen molar-refractivity contribution in [2.75, 3.05) is 0 Å². The summed E-state index contributed by atoms with van der Waals surface area (Å²) in [5.41, 5.74) is 1.07. The van der Waals surface area contributed by atoms with Crippen LogP contribution in [0.2, 0.25) is 0 Å². The van der Waals surface area contributed by atoms with E-state index in [1.165, 1.54) is 0 Å². The normalized spacial score (nSPS) is 11.4. The second-order valence-corrected chi connectivity index (χ2v) is 3.72. The summed E-state index contributed by atoms with van der Waals surface area (Å²) in [4.78, 5) is 10.2. The van der Waals surface area contributed by atoms with E-state index in [0.717, 1.165) is 10.0 Å². The SMILES string of the molecule is CCC(=Cc1cccc(Br)c1)[N+](=O)[O-]. The number of benzene rings is 1. The van der Waals surface area contributed by atoms with E-state index >= 15 is 0 Å². The Morgan fingerprint density at radius 3 is 2.86 bits per heavy atom. The molecule has 0 saturated heterocycles. The molecule has 0 unspecified atom stereocenters. The van der Waals surface area contributed by atoms with Crippen LogP contribution in [0.15, 0.2) is 34.4 Å². The van der Waals surface area contributed by atoms with E-state index in [0.29, 0.717) is 6.42 Å². The van der Waals surface area contributed by atoms with Gasteiger partial charge in [0, 0.05) is 17.0 Å². The summed E-state index contributed by atoms with van der Waals surface area (Å²) < 4.78 is 0.921. The molecule has 0 heterocycles. The molecule has 1 aromatic carbocycles. The number of nitrogens with zero attached hydrogens (tertiary/aromatic N) is 1. The maximum atomic E-state index is 10.5. The molecule has 1 rings (SSSR count). The Morgan fingerprint density at radius 1 is 1.64 bits per heavy atom. The van der Waals surface area contributed by atoms with E-state index in [1.54, 1.807) is 13.0 Å². The van der Waals surface area contributed by atoms with Crippen molar-refractivity contribution >= 4 is 22.0 Å². The minimum atomic E-state index is -0.346. The lowest BCUT2D eigenvalue weighted by atomic mass is 10.2. The number of halogens is 1. The number of allylic oxidation sites excluding steroid dienone is 1. The quantitative estimate of drug-likeness (QED) is 0.613. The molecule has 0 radical (unpaired) electrons. The molecule has 0 fully saturated rings. The second-order valence-electron chi connectivity index (χ2n) is 2.80. The van der Waals surface area contributed by atoms with Gasteiger partial charge in [-0.3, -0.25) is 10.1 Å². The predicted octanol–water partition coefficient (Wildman–Crippen LogP) is 3.48. The predicted molar refractivity (Wildman–Crippen MR) is 59.4 cm³/mol. The standard InChI is InChI=1S/C10H10BrNO2/c1-2-10(12(13)14)7-8-4-3-5-9(11)6-8/h3-7H,2H2,1H3. The topological polar surface area (TPSA) is 43.1 Å². The van der Waals surface area contributed by atoms with Crippen LogP contribution >= 0.6 is 15.9 Å². The molecule has 0 aliphatic carbocycles. The molecule has 0 bridgehead atoms. The summed E-state index contributed by atoms with van der Waals surface area (Å²) in [6.07, 6.45) is 2.02. The molecule has 0 saturated carbocycles. The molecule has 1 aromatic rings. The maximum Gasteiger partial charge on any atom is 0.246 e. The highest BCUT2D eigenvalue weighted by atomic mass is 79.9. The fourth-order valence-electron chi connectivity index (χ4n) is 1.07. The molecule has 0 amide bonds. The van der Waals surface area contributed by atoms with Crippen molar-refractivity contribution < 1.29 is 4.92 Å². The van der Waals surface area contributed by atoms with Crippen molar-refractivity contribution in [3.63, 3.8) is 0 Å². The first-order valence-electron chi connectivity index (χ1n) is 4.24. The number of hydrogen-bond donors (Lipinski definition) is 0. The van der Waals surface area contributed by atoms with Crippen LogP contribution in [0.1, 0.15) is 18.9 Å². The molecule has 0 aliphatic heterocycles. The van der Waals surface area contributed by atoms with Crippen LogP contribution in [-0.4, -0.2) is 4.92 Å². The van der Waals surface area contributed by atoms with Crippen LogP contribution < -0.4 is 0 Å². The molecule has 14 heavy (non-hydrogen) atoms. The Morgan fingerprint density at radius 2 is 2.36 bits per heavy atom. The number of hydrogen-bond acceptors (Lipinski definition) is 2. The molecule has 3 nitrogen and oxygen atoms in total. The summed E-state index contributed by atoms with van der Waals surface area (Å²) in [5, 5.41) is 10.5. The minimum Gasteiger partial charge on any atom is -0.259 e. The first-order valence-corrected chi connectivity index (χ1v) is 5.03. The van der Waals surface area contributed by atoms with Gasteiger partial charge in [0.05, 0.1) is 4.92 Å². The fraction of sp³-hybridized carbons (Fsp3) is 0.200. The van der Waals surface area contributed by atoms with Gasteiger partial charge >= 0.3 is 0 Å². The average Bonchev–Trinajstić information content (AvgIpc) is 2.14. The molecule has 0 spiro atoms.